The fourth-order valence-electron chi connectivity index (χ4n) is 0.137. The minimum atomic E-state index is -0.817. The van der Waals surface area contributed by atoms with Crippen molar-refractivity contribution in [2.75, 3.05) is 6.61 Å². The lowest BCUT2D eigenvalue weighted by Gasteiger charge is -1.87. The van der Waals surface area contributed by atoms with Gasteiger partial charge in [0.05, 0.1) is 13.0 Å². The summed E-state index contributed by atoms with van der Waals surface area (Å²) in [6, 6.07) is 0. The van der Waals surface area contributed by atoms with Crippen LogP contribution in [0.15, 0.2) is 0 Å². The van der Waals surface area contributed by atoms with Crippen molar-refractivity contribution in [2.24, 2.45) is 0 Å². The maximum atomic E-state index is 9.78. The van der Waals surface area contributed by atoms with E-state index in [0.29, 0.717) is 0 Å². The smallest absolute Gasteiger partial charge is 0.344 e. The van der Waals surface area contributed by atoms with Gasteiger partial charge in [-0.05, 0) is 0 Å². The van der Waals surface area contributed by atoms with Crippen molar-refractivity contribution in [1.29, 1.82) is 0 Å². The van der Waals surface area contributed by atoms with Crippen LogP contribution < -0.4 is 0 Å². The van der Waals surface area contributed by atoms with Crippen LogP contribution in [0.1, 0.15) is 6.42 Å². The van der Waals surface area contributed by atoms with E-state index in [2.05, 4.69) is 4.89 Å². The van der Waals surface area contributed by atoms with Crippen molar-refractivity contribution in [1.82, 2.24) is 0 Å². The number of hydrogen-bond donors (Lipinski definition) is 2. The topological polar surface area (TPSA) is 66.8 Å². The van der Waals surface area contributed by atoms with Crippen LogP contribution in [0.3, 0.4) is 0 Å². The van der Waals surface area contributed by atoms with Crippen LogP contribution in [0.2, 0.25) is 0 Å². The molecule has 0 aliphatic heterocycles. The average molecular weight is 106 g/mol. The number of carbonyl (C=O) groups is 1. The van der Waals surface area contributed by atoms with Crippen LogP contribution in [0, 0.1) is 0 Å². The monoisotopic (exact) mass is 106 g/mol. The first-order valence-electron chi connectivity index (χ1n) is 1.76. The van der Waals surface area contributed by atoms with Crippen LogP contribution >= 0.6 is 0 Å². The lowest BCUT2D eigenvalue weighted by Crippen LogP contribution is -2.02. The van der Waals surface area contributed by atoms with Crippen molar-refractivity contribution in [2.45, 2.75) is 6.42 Å². The zero-order chi connectivity index (χ0) is 5.70. The van der Waals surface area contributed by atoms with Crippen molar-refractivity contribution < 1.29 is 20.0 Å². The lowest BCUT2D eigenvalue weighted by atomic mass is 10.5. The van der Waals surface area contributed by atoms with Gasteiger partial charge < -0.3 is 9.99 Å². The van der Waals surface area contributed by atoms with Crippen molar-refractivity contribution in [3.05, 3.63) is 0 Å². The summed E-state index contributed by atoms with van der Waals surface area (Å²) in [6.07, 6.45) is -0.156. The molecule has 0 aromatic heterocycles. The summed E-state index contributed by atoms with van der Waals surface area (Å²) in [5.74, 6) is -0.817. The molecular formula is C3H6O4. The Morgan fingerprint density at radius 2 is 2.29 bits per heavy atom. The van der Waals surface area contributed by atoms with Crippen LogP contribution in [-0.2, 0) is 9.68 Å². The maximum absolute atomic E-state index is 9.78. The van der Waals surface area contributed by atoms with Gasteiger partial charge in [0.1, 0.15) is 0 Å². The molecule has 2 N–H and O–H groups in total. The fourth-order valence-corrected chi connectivity index (χ4v) is 0.137. The van der Waals surface area contributed by atoms with Gasteiger partial charge in [-0.2, -0.15) is 5.26 Å². The van der Waals surface area contributed by atoms with Gasteiger partial charge in [-0.3, -0.25) is 0 Å². The Balaban J connectivity index is 3.00. The molecule has 0 amide bonds. The average Bonchev–Trinajstić information content (AvgIpc) is 1.68. The molecule has 0 spiro atoms. The Morgan fingerprint density at radius 3 is 2.43 bits per heavy atom. The Bertz CT molecular complexity index is 60.0. The summed E-state index contributed by atoms with van der Waals surface area (Å²) < 4.78 is 0. The third kappa shape index (κ3) is 3.21. The van der Waals surface area contributed by atoms with Gasteiger partial charge in [0.15, 0.2) is 0 Å². The van der Waals surface area contributed by atoms with Crippen LogP contribution in [0.5, 0.6) is 0 Å². The standard InChI is InChI=1S/C3H6O4/c4-2-1-3(5)7-6/h4,6H,1-2H2. The minimum absolute atomic E-state index is 0.156. The number of carbonyl (C=O) groups excluding carboxylic acids is 1. The van der Waals surface area contributed by atoms with E-state index in [4.69, 9.17) is 10.4 Å². The molecule has 0 aliphatic carbocycles. The summed E-state index contributed by atoms with van der Waals surface area (Å²) in [6.45, 7) is -0.292. The van der Waals surface area contributed by atoms with Crippen LogP contribution in [-0.4, -0.2) is 22.9 Å². The number of aliphatic hydroxyl groups excluding tert-OH is 1. The number of aliphatic hydroxyl groups is 1. The molecule has 0 saturated carbocycles. The largest absolute Gasteiger partial charge is 0.396 e. The first-order valence-corrected chi connectivity index (χ1v) is 1.76. The van der Waals surface area contributed by atoms with Gasteiger partial charge in [-0.25, -0.2) is 4.79 Å². The quantitative estimate of drug-likeness (QED) is 0.364. The highest BCUT2D eigenvalue weighted by molar-refractivity contribution is 5.68. The van der Waals surface area contributed by atoms with Gasteiger partial charge >= 0.3 is 5.97 Å². The third-order valence-corrected chi connectivity index (χ3v) is 0.418. The van der Waals surface area contributed by atoms with Gasteiger partial charge in [0.25, 0.3) is 0 Å². The highest BCUT2D eigenvalue weighted by Gasteiger charge is 1.96. The molecule has 0 aliphatic rings. The molecule has 4 heteroatoms. The second kappa shape index (κ2) is 3.58. The Labute approximate surface area is 40.3 Å². The van der Waals surface area contributed by atoms with E-state index in [-0.39, 0.29) is 13.0 Å². The Kier molecular flexibility index (Phi) is 3.26. The van der Waals surface area contributed by atoms with Gasteiger partial charge in [0, 0.05) is 0 Å². The van der Waals surface area contributed by atoms with Crippen molar-refractivity contribution >= 4 is 5.97 Å². The molecule has 0 bridgehead atoms. The molecule has 0 fully saturated rings. The molecule has 0 saturated heterocycles. The maximum Gasteiger partial charge on any atom is 0.344 e. The normalized spacial score (nSPS) is 8.29. The zero-order valence-corrected chi connectivity index (χ0v) is 3.63. The van der Waals surface area contributed by atoms with Crippen molar-refractivity contribution in [3.8, 4) is 0 Å². The second-order valence-corrected chi connectivity index (χ2v) is 0.937. The fraction of sp³-hybridized carbons (Fsp3) is 0.667. The predicted molar refractivity (Wildman–Crippen MR) is 20.4 cm³/mol. The third-order valence-electron chi connectivity index (χ3n) is 0.418. The molecule has 42 valence electrons. The molecule has 0 atom stereocenters. The molecule has 0 unspecified atom stereocenters. The lowest BCUT2D eigenvalue weighted by molar-refractivity contribution is -0.234. The summed E-state index contributed by atoms with van der Waals surface area (Å²) in [7, 11) is 0. The van der Waals surface area contributed by atoms with Gasteiger partial charge in [0.2, 0.25) is 0 Å². The molecule has 0 aromatic carbocycles. The molecule has 4 nitrogen and oxygen atoms in total. The van der Waals surface area contributed by atoms with E-state index in [1.165, 1.54) is 0 Å². The van der Waals surface area contributed by atoms with E-state index in [0.717, 1.165) is 0 Å². The zero-order valence-electron chi connectivity index (χ0n) is 3.63. The van der Waals surface area contributed by atoms with Gasteiger partial charge in [-0.15, -0.1) is 0 Å². The first-order chi connectivity index (χ1) is 3.31. The summed E-state index contributed by atoms with van der Waals surface area (Å²) in [5, 5.41) is 15.5. The second-order valence-electron chi connectivity index (χ2n) is 0.937. The first kappa shape index (κ1) is 6.39. The Morgan fingerprint density at radius 1 is 1.71 bits per heavy atom. The minimum Gasteiger partial charge on any atom is -0.396 e. The van der Waals surface area contributed by atoms with E-state index in [9.17, 15) is 4.79 Å². The molecule has 0 aromatic rings. The van der Waals surface area contributed by atoms with Crippen LogP contribution in [0.25, 0.3) is 0 Å². The number of hydrogen-bond acceptors (Lipinski definition) is 4. The van der Waals surface area contributed by atoms with Crippen molar-refractivity contribution in [3.63, 3.8) is 0 Å². The molecule has 7 heavy (non-hydrogen) atoms. The highest BCUT2D eigenvalue weighted by atomic mass is 17.1. The summed E-state index contributed by atoms with van der Waals surface area (Å²) in [4.78, 5) is 13.0. The molecule has 0 rings (SSSR count). The summed E-state index contributed by atoms with van der Waals surface area (Å²) in [5.41, 5.74) is 0. The van der Waals surface area contributed by atoms with Gasteiger partial charge in [-0.1, -0.05) is 0 Å². The molecular weight excluding hydrogens is 100 g/mol. The van der Waals surface area contributed by atoms with E-state index < -0.39 is 5.97 Å². The number of rotatable bonds is 2. The molecule has 0 radical (unpaired) electrons. The SMILES string of the molecule is O=C(CCO)OO. The highest BCUT2D eigenvalue weighted by Crippen LogP contribution is 1.77. The van der Waals surface area contributed by atoms with E-state index >= 15 is 0 Å². The molecule has 0 heterocycles. The van der Waals surface area contributed by atoms with E-state index in [1.54, 1.807) is 0 Å². The van der Waals surface area contributed by atoms with E-state index in [1.807, 2.05) is 0 Å². The summed E-state index contributed by atoms with van der Waals surface area (Å²) >= 11 is 0. The van der Waals surface area contributed by atoms with Crippen LogP contribution in [0.4, 0.5) is 0 Å². The predicted octanol–water partition coefficient (Wildman–Crippen LogP) is -0.615. The Hall–Kier alpha value is -0.610.